The van der Waals surface area contributed by atoms with Gasteiger partial charge in [-0.15, -0.1) is 0 Å². The highest BCUT2D eigenvalue weighted by atomic mass is 16.6. The average Bonchev–Trinajstić information content (AvgIpc) is 1.46. The average molecular weight is 1460 g/mol. The van der Waals surface area contributed by atoms with Crippen molar-refractivity contribution in [3.05, 3.63) is 88.6 Å². The van der Waals surface area contributed by atoms with E-state index < -0.39 is 42.1 Å². The van der Waals surface area contributed by atoms with Gasteiger partial charge in [-0.25, -0.2) is 4.79 Å². The van der Waals surface area contributed by atoms with Crippen molar-refractivity contribution in [1.29, 1.82) is 0 Å². The fraction of sp³-hybridized carbons (Fsp3) is 0.605. The van der Waals surface area contributed by atoms with Crippen molar-refractivity contribution in [2.45, 2.75) is 143 Å². The van der Waals surface area contributed by atoms with E-state index in [2.05, 4.69) is 32.3 Å². The summed E-state index contributed by atoms with van der Waals surface area (Å²) in [5.41, 5.74) is 4.36. The molecule has 3 aliphatic heterocycles. The number of carbonyl (C=O) groups is 7. The number of carbonyl (C=O) groups excluding carboxylic acids is 7. The van der Waals surface area contributed by atoms with Crippen LogP contribution in [0, 0.1) is 17.8 Å². The molecule has 2 bridgehead atoms. The molecule has 5 N–H and O–H groups in total. The van der Waals surface area contributed by atoms with E-state index in [0.717, 1.165) is 28.9 Å². The Labute approximate surface area is 610 Å². The lowest BCUT2D eigenvalue weighted by atomic mass is 9.78. The highest BCUT2D eigenvalue weighted by Crippen LogP contribution is 2.43. The van der Waals surface area contributed by atoms with Gasteiger partial charge in [0.05, 0.1) is 156 Å². The van der Waals surface area contributed by atoms with Gasteiger partial charge < -0.3 is 92.9 Å². The number of unbranched alkanes of at least 4 members (excludes halogenated alkanes) is 2. The van der Waals surface area contributed by atoms with E-state index in [0.29, 0.717) is 185 Å². The Hall–Kier alpha value is -8.06. The highest BCUT2D eigenvalue weighted by Gasteiger charge is 2.39. The zero-order valence-electron chi connectivity index (χ0n) is 61.8. The number of methoxy groups -OCH3 is 2. The molecular weight excluding hydrogens is 1350 g/mol. The molecule has 0 saturated heterocycles. The van der Waals surface area contributed by atoms with Gasteiger partial charge in [-0.2, -0.15) is 0 Å². The van der Waals surface area contributed by atoms with Gasteiger partial charge in [0.15, 0.2) is 28.8 Å². The predicted molar refractivity (Wildman–Crippen MR) is 388 cm³/mol. The van der Waals surface area contributed by atoms with Crippen molar-refractivity contribution in [3.8, 4) is 23.0 Å². The number of aliphatic hydroxyl groups is 1. The van der Waals surface area contributed by atoms with E-state index in [1.165, 1.54) is 21.1 Å². The van der Waals surface area contributed by atoms with Crippen LogP contribution in [0.15, 0.2) is 76.9 Å². The first-order valence-electron chi connectivity index (χ1n) is 36.3. The normalized spacial score (nSPS) is 17.5. The molecule has 0 saturated carbocycles. The third kappa shape index (κ3) is 27.4. The molecule has 0 radical (unpaired) electrons. The number of fused-ring (bicyclic) bond motifs is 5. The molecular formula is C76H109N7O21. The monoisotopic (exact) mass is 1460 g/mol. The minimum Gasteiger partial charge on any atom is -0.493 e. The van der Waals surface area contributed by atoms with Crippen molar-refractivity contribution in [2.24, 2.45) is 22.7 Å². The van der Waals surface area contributed by atoms with E-state index in [1.807, 2.05) is 27.0 Å². The van der Waals surface area contributed by atoms with E-state index in [4.69, 9.17) is 61.6 Å². The Bertz CT molecular complexity index is 3330. The van der Waals surface area contributed by atoms with Gasteiger partial charge in [0.2, 0.25) is 23.6 Å². The van der Waals surface area contributed by atoms with Crippen LogP contribution in [0.5, 0.6) is 23.0 Å². The second-order valence-corrected chi connectivity index (χ2v) is 26.3. The number of amides is 6. The molecule has 3 heterocycles. The van der Waals surface area contributed by atoms with E-state index in [9.17, 15) is 38.7 Å². The zero-order valence-corrected chi connectivity index (χ0v) is 61.8. The van der Waals surface area contributed by atoms with Crippen LogP contribution in [0.1, 0.15) is 138 Å². The van der Waals surface area contributed by atoms with Gasteiger partial charge in [-0.1, -0.05) is 50.1 Å². The molecule has 28 heteroatoms. The lowest BCUT2D eigenvalue weighted by molar-refractivity contribution is -0.132. The number of nitrogens with one attached hydrogen (secondary N) is 4. The summed E-state index contributed by atoms with van der Waals surface area (Å²) in [6.45, 7) is 18.1. The quantitative estimate of drug-likeness (QED) is 0.0261. The van der Waals surface area contributed by atoms with Gasteiger partial charge in [0.25, 0.3) is 5.91 Å². The third-order valence-electron chi connectivity index (χ3n) is 17.6. The molecule has 0 fully saturated rings. The van der Waals surface area contributed by atoms with Gasteiger partial charge in [-0.3, -0.25) is 38.7 Å². The third-order valence-corrected chi connectivity index (χ3v) is 17.6. The van der Waals surface area contributed by atoms with Crippen LogP contribution >= 0.6 is 0 Å². The molecule has 104 heavy (non-hydrogen) atoms. The summed E-state index contributed by atoms with van der Waals surface area (Å²) in [6.07, 6.45) is 9.38. The van der Waals surface area contributed by atoms with Gasteiger partial charge >= 0.3 is 6.09 Å². The molecule has 6 atom stereocenters. The summed E-state index contributed by atoms with van der Waals surface area (Å²) in [5, 5.41) is 23.3. The van der Waals surface area contributed by atoms with E-state index in [1.54, 1.807) is 73.5 Å². The minimum absolute atomic E-state index is 0.00169. The van der Waals surface area contributed by atoms with Crippen LogP contribution in [0.25, 0.3) is 0 Å². The van der Waals surface area contributed by atoms with Crippen molar-refractivity contribution in [3.63, 3.8) is 0 Å². The van der Waals surface area contributed by atoms with Crippen molar-refractivity contribution in [1.82, 2.24) is 20.9 Å². The molecule has 3 aromatic carbocycles. The van der Waals surface area contributed by atoms with Gasteiger partial charge in [0, 0.05) is 67.5 Å². The number of ether oxygens (including phenoxy) is 13. The van der Waals surface area contributed by atoms with Crippen molar-refractivity contribution in [2.75, 3.05) is 150 Å². The first-order chi connectivity index (χ1) is 50.4. The largest absolute Gasteiger partial charge is 0.493 e. The van der Waals surface area contributed by atoms with Crippen LogP contribution in [0.3, 0.4) is 0 Å². The second-order valence-electron chi connectivity index (χ2n) is 26.3. The maximum atomic E-state index is 14.6. The Morgan fingerprint density at radius 3 is 1.77 bits per heavy atom. The number of rotatable bonds is 47. The number of hydrogen-bond acceptors (Lipinski definition) is 22. The number of anilines is 2. The number of nitrogens with zero attached hydrogens (tertiary/aromatic N) is 3. The van der Waals surface area contributed by atoms with Crippen LogP contribution in [-0.4, -0.2) is 222 Å². The number of allylic oxidation sites excluding steroid dienone is 2. The van der Waals surface area contributed by atoms with Crippen molar-refractivity contribution < 1.29 is 100 Å². The SMILES string of the molecule is CCCC(=O)NCCOCCOCCOCCOCCOCCOCCOCCOCCC(=O)N[C@H](C(=O)N[C@@H](C)C(=O)Nc1ccc(COC(=O)N2c3cc(OCCCCCOc4cc5c(cc4OC)C(=O)N4C=C(C)C[C@H]4C=N5)c(OC)cc3C(=O)CCC3C=C(C)C[C@H](C3)[C@@H]2O)cc1)C(C)C. The number of aliphatic hydroxyl groups excluding tert-OH is 1. The lowest BCUT2D eigenvalue weighted by Crippen LogP contribution is -2.53. The molecule has 0 spiro atoms. The molecule has 3 aromatic rings. The summed E-state index contributed by atoms with van der Waals surface area (Å²) in [5.74, 6) is -1.03. The molecule has 0 aromatic heterocycles. The van der Waals surface area contributed by atoms with Crippen LogP contribution in [0.4, 0.5) is 21.9 Å². The number of benzene rings is 3. The molecule has 1 unspecified atom stereocenters. The Morgan fingerprint density at radius 1 is 0.625 bits per heavy atom. The second kappa shape index (κ2) is 45.3. The Morgan fingerprint density at radius 2 is 1.19 bits per heavy atom. The number of hydrogen-bond donors (Lipinski definition) is 5. The summed E-state index contributed by atoms with van der Waals surface area (Å²) in [4.78, 5) is 101. The predicted octanol–water partition coefficient (Wildman–Crippen LogP) is 8.60. The number of ketones is 1. The summed E-state index contributed by atoms with van der Waals surface area (Å²) >= 11 is 0. The standard InChI is InChI=1S/C76H109N7O21/c1-9-13-69(85)77-21-25-95-27-29-97-31-33-99-35-37-101-39-38-100-36-34-98-32-30-96-28-26-94-24-20-70(86)81-71(51(2)3)73(88)79-54(6)72(87)80-58-17-14-55(15-18-58)50-104-76(91)83-63-47-68(66(93-8)45-61(63)64(84)19-16-56-40-52(4)41-57(43-56)74(83)89)103-23-12-10-11-22-102-67-46-62-60(44-65(67)92-7)75(90)82-49-53(5)42-59(82)48-78-62/h14-15,17-18,40,44-49,51,54,56-57,59,71,74,89H,9-13,16,19-39,41-43,50H2,1-8H3,(H,77,85)(H,79,88)(H,80,87)(H,81,86)/t54-,56?,57+,59-,71-,74-/m0/s1. The maximum Gasteiger partial charge on any atom is 0.416 e. The molecule has 574 valence electrons. The summed E-state index contributed by atoms with van der Waals surface area (Å²) in [7, 11) is 3.00. The fourth-order valence-electron chi connectivity index (χ4n) is 12.1. The van der Waals surface area contributed by atoms with E-state index in [-0.39, 0.29) is 103 Å². The minimum atomic E-state index is -1.39. The first kappa shape index (κ1) is 83.2. The molecule has 7 rings (SSSR count). The Balaban J connectivity index is 0.775. The van der Waals surface area contributed by atoms with Crippen LogP contribution < -0.4 is 45.1 Å². The van der Waals surface area contributed by atoms with Crippen LogP contribution in [-0.2, 0) is 68.4 Å². The van der Waals surface area contributed by atoms with Crippen LogP contribution in [0.2, 0.25) is 0 Å². The van der Waals surface area contributed by atoms with E-state index >= 15 is 0 Å². The van der Waals surface area contributed by atoms with Crippen molar-refractivity contribution >= 4 is 64.7 Å². The zero-order chi connectivity index (χ0) is 74.6. The smallest absolute Gasteiger partial charge is 0.416 e. The maximum absolute atomic E-state index is 14.6. The fourth-order valence-corrected chi connectivity index (χ4v) is 12.1. The summed E-state index contributed by atoms with van der Waals surface area (Å²) < 4.78 is 73.9. The lowest BCUT2D eigenvalue weighted by Gasteiger charge is -2.38. The number of Topliss-reactive ketones (excluding diaryl/α,β-unsaturated/α-hetero) is 1. The number of aliphatic imine (C=N–C) groups is 1. The molecule has 4 aliphatic rings. The van der Waals surface area contributed by atoms with Gasteiger partial charge in [0.1, 0.15) is 24.9 Å². The molecule has 6 amide bonds. The first-order valence-corrected chi connectivity index (χ1v) is 36.3. The summed E-state index contributed by atoms with van der Waals surface area (Å²) in [6, 6.07) is 11.0. The molecule has 1 aliphatic carbocycles. The topological polar surface area (TPSA) is 327 Å². The van der Waals surface area contributed by atoms with Gasteiger partial charge in [-0.05, 0) is 114 Å². The Kier molecular flexibility index (Phi) is 36.3. The highest BCUT2D eigenvalue weighted by molar-refractivity contribution is 6.06. The molecule has 28 nitrogen and oxygen atoms in total.